The number of carbonyl (C=O) groups is 1. The second-order valence-corrected chi connectivity index (χ2v) is 8.85. The van der Waals surface area contributed by atoms with E-state index in [1.807, 2.05) is 35.8 Å². The predicted molar refractivity (Wildman–Crippen MR) is 127 cm³/mol. The maximum Gasteiger partial charge on any atom is 0.306 e. The molecule has 1 aliphatic heterocycles. The predicted octanol–water partition coefficient (Wildman–Crippen LogP) is 2.46. The number of thiophene rings is 1. The lowest BCUT2D eigenvalue weighted by Crippen LogP contribution is -2.30. The zero-order valence-corrected chi connectivity index (χ0v) is 19.2. The number of aliphatic imine (C=N–C) groups is 1. The normalized spacial score (nSPS) is 14.3. The molecule has 0 spiro atoms. The molecule has 0 radical (unpaired) electrons. The van der Waals surface area contributed by atoms with E-state index in [-0.39, 0.29) is 18.9 Å². The first-order valence-electron chi connectivity index (χ1n) is 10.3. The van der Waals surface area contributed by atoms with Gasteiger partial charge in [-0.15, -0.1) is 21.5 Å². The number of carboxylic acid groups (broad SMARTS) is 1. The van der Waals surface area contributed by atoms with E-state index in [0.717, 1.165) is 37.8 Å². The second kappa shape index (κ2) is 8.88. The van der Waals surface area contributed by atoms with Crippen LogP contribution in [0.1, 0.15) is 51.2 Å². The van der Waals surface area contributed by atoms with Crippen LogP contribution in [-0.4, -0.2) is 44.1 Å². The fourth-order valence-corrected chi connectivity index (χ4v) is 4.90. The van der Waals surface area contributed by atoms with Crippen LogP contribution in [0.15, 0.2) is 29.3 Å². The SMILES string of the molecule is Cc1sc2c(c1C)C(c1ccc(C#CCNC(=N)N)cc1)=N[C@@H](CC(=O)O)c1nnc(C)n1-2. The molecule has 1 aromatic carbocycles. The van der Waals surface area contributed by atoms with Gasteiger partial charge in [0.1, 0.15) is 16.9 Å². The third kappa shape index (κ3) is 4.36. The Labute approximate surface area is 194 Å². The average Bonchev–Trinajstić information content (AvgIpc) is 3.24. The maximum atomic E-state index is 11.6. The first kappa shape index (κ1) is 22.2. The Balaban J connectivity index is 1.81. The fraction of sp³-hybridized carbons (Fsp3) is 0.261. The summed E-state index contributed by atoms with van der Waals surface area (Å²) >= 11 is 1.63. The molecule has 0 amide bonds. The molecule has 168 valence electrons. The van der Waals surface area contributed by atoms with Gasteiger partial charge in [0, 0.05) is 21.6 Å². The van der Waals surface area contributed by atoms with Gasteiger partial charge < -0.3 is 16.2 Å². The number of aromatic nitrogens is 3. The molecule has 0 fully saturated rings. The number of hydrogen-bond acceptors (Lipinski definition) is 6. The Morgan fingerprint density at radius 3 is 2.67 bits per heavy atom. The van der Waals surface area contributed by atoms with Gasteiger partial charge in [-0.3, -0.25) is 19.8 Å². The first-order valence-corrected chi connectivity index (χ1v) is 11.1. The van der Waals surface area contributed by atoms with Crippen molar-refractivity contribution in [3.8, 4) is 16.8 Å². The van der Waals surface area contributed by atoms with Gasteiger partial charge in [-0.25, -0.2) is 0 Å². The fourth-order valence-electron chi connectivity index (χ4n) is 3.69. The summed E-state index contributed by atoms with van der Waals surface area (Å²) in [6.45, 7) is 6.27. The minimum absolute atomic E-state index is 0.121. The molecule has 0 aliphatic carbocycles. The third-order valence-electron chi connectivity index (χ3n) is 5.37. The molecular weight excluding hydrogens is 438 g/mol. The number of rotatable bonds is 4. The molecule has 3 aromatic rings. The van der Waals surface area contributed by atoms with Crippen molar-refractivity contribution in [1.29, 1.82) is 5.41 Å². The van der Waals surface area contributed by atoms with E-state index in [9.17, 15) is 9.90 Å². The van der Waals surface area contributed by atoms with Gasteiger partial charge >= 0.3 is 5.97 Å². The van der Waals surface area contributed by atoms with Crippen molar-refractivity contribution in [1.82, 2.24) is 20.1 Å². The molecule has 33 heavy (non-hydrogen) atoms. The molecular formula is C23H23N7O2S. The molecule has 5 N–H and O–H groups in total. The number of carboxylic acids is 1. The highest BCUT2D eigenvalue weighted by atomic mass is 32.1. The molecule has 1 atom stereocenters. The lowest BCUT2D eigenvalue weighted by molar-refractivity contribution is -0.137. The number of aliphatic carboxylic acids is 1. The summed E-state index contributed by atoms with van der Waals surface area (Å²) in [4.78, 5) is 17.7. The van der Waals surface area contributed by atoms with Crippen molar-refractivity contribution in [2.24, 2.45) is 10.7 Å². The highest BCUT2D eigenvalue weighted by molar-refractivity contribution is 7.15. The van der Waals surface area contributed by atoms with Gasteiger partial charge in [-0.1, -0.05) is 24.0 Å². The third-order valence-corrected chi connectivity index (χ3v) is 6.56. The first-order chi connectivity index (χ1) is 15.8. The van der Waals surface area contributed by atoms with Crippen molar-refractivity contribution >= 4 is 29.0 Å². The van der Waals surface area contributed by atoms with E-state index in [1.54, 1.807) is 11.3 Å². The molecule has 2 aromatic heterocycles. The molecule has 0 bridgehead atoms. The molecule has 10 heteroatoms. The number of guanidine groups is 1. The number of aryl methyl sites for hydroxylation is 2. The quantitative estimate of drug-likeness (QED) is 0.267. The molecule has 0 saturated heterocycles. The van der Waals surface area contributed by atoms with Crippen LogP contribution in [0.3, 0.4) is 0 Å². The van der Waals surface area contributed by atoms with Gasteiger partial charge in [-0.2, -0.15) is 0 Å². The summed E-state index contributed by atoms with van der Waals surface area (Å²) in [5.74, 6) is 6.11. The average molecular weight is 462 g/mol. The molecule has 1 aliphatic rings. The summed E-state index contributed by atoms with van der Waals surface area (Å²) in [6, 6.07) is 7.02. The van der Waals surface area contributed by atoms with E-state index in [0.29, 0.717) is 11.6 Å². The lowest BCUT2D eigenvalue weighted by atomic mass is 9.98. The van der Waals surface area contributed by atoms with E-state index < -0.39 is 12.0 Å². The van der Waals surface area contributed by atoms with Crippen LogP contribution >= 0.6 is 11.3 Å². The number of hydrogen-bond donors (Lipinski definition) is 4. The lowest BCUT2D eigenvalue weighted by Gasteiger charge is -2.10. The van der Waals surface area contributed by atoms with Crippen LogP contribution in [0.25, 0.3) is 5.00 Å². The van der Waals surface area contributed by atoms with Crippen LogP contribution in [0, 0.1) is 38.0 Å². The number of nitrogens with one attached hydrogen (secondary N) is 2. The Bertz CT molecular complexity index is 1340. The highest BCUT2D eigenvalue weighted by Gasteiger charge is 2.32. The summed E-state index contributed by atoms with van der Waals surface area (Å²) in [5, 5.41) is 28.8. The zero-order chi connectivity index (χ0) is 23.7. The van der Waals surface area contributed by atoms with Crippen molar-refractivity contribution < 1.29 is 9.90 Å². The Kier molecular flexibility index (Phi) is 5.98. The second-order valence-electron chi connectivity index (χ2n) is 7.64. The standard InChI is InChI=1S/C23H23N7O2S/c1-12-13(2)33-22-19(12)20(16-8-6-15(7-9-16)5-4-10-26-23(24)25)27-17(11-18(31)32)21-29-28-14(3)30(21)22/h6-9,17H,10-11H2,1-3H3,(H,31,32)(H4,24,25,26)/t17-/m0/s1. The number of benzene rings is 1. The molecule has 4 rings (SSSR count). The van der Waals surface area contributed by atoms with Crippen LogP contribution in [0.5, 0.6) is 0 Å². The summed E-state index contributed by atoms with van der Waals surface area (Å²) in [5.41, 5.74) is 9.75. The van der Waals surface area contributed by atoms with Crippen LogP contribution in [0.2, 0.25) is 0 Å². The summed E-state index contributed by atoms with van der Waals surface area (Å²) < 4.78 is 1.94. The van der Waals surface area contributed by atoms with Crippen LogP contribution in [0.4, 0.5) is 0 Å². The van der Waals surface area contributed by atoms with E-state index in [2.05, 4.69) is 41.2 Å². The Morgan fingerprint density at radius 1 is 1.27 bits per heavy atom. The van der Waals surface area contributed by atoms with Crippen LogP contribution < -0.4 is 11.1 Å². The maximum absolute atomic E-state index is 11.6. The largest absolute Gasteiger partial charge is 0.481 e. The summed E-state index contributed by atoms with van der Waals surface area (Å²) in [7, 11) is 0. The topological polar surface area (TPSA) is 142 Å². The Hall–Kier alpha value is -3.97. The van der Waals surface area contributed by atoms with Crippen molar-refractivity contribution in [3.63, 3.8) is 0 Å². The van der Waals surface area contributed by atoms with Crippen molar-refractivity contribution in [3.05, 3.63) is 63.0 Å². The highest BCUT2D eigenvalue weighted by Crippen LogP contribution is 2.39. The van der Waals surface area contributed by atoms with Gasteiger partial charge in [0.15, 0.2) is 11.8 Å². The molecule has 3 heterocycles. The van der Waals surface area contributed by atoms with Crippen LogP contribution in [-0.2, 0) is 4.79 Å². The van der Waals surface area contributed by atoms with Gasteiger partial charge in [0.25, 0.3) is 0 Å². The number of nitrogens with two attached hydrogens (primary N) is 1. The number of nitrogens with zero attached hydrogens (tertiary/aromatic N) is 4. The van der Waals surface area contributed by atoms with Gasteiger partial charge in [0.2, 0.25) is 0 Å². The van der Waals surface area contributed by atoms with E-state index in [4.69, 9.17) is 16.1 Å². The van der Waals surface area contributed by atoms with E-state index in [1.165, 1.54) is 0 Å². The summed E-state index contributed by atoms with van der Waals surface area (Å²) in [6.07, 6.45) is -0.179. The molecule has 9 nitrogen and oxygen atoms in total. The zero-order valence-electron chi connectivity index (χ0n) is 18.4. The Morgan fingerprint density at radius 2 is 2.00 bits per heavy atom. The monoisotopic (exact) mass is 461 g/mol. The van der Waals surface area contributed by atoms with Gasteiger partial charge in [0.05, 0.1) is 18.7 Å². The van der Waals surface area contributed by atoms with E-state index >= 15 is 0 Å². The molecule has 0 saturated carbocycles. The minimum Gasteiger partial charge on any atom is -0.481 e. The van der Waals surface area contributed by atoms with Crippen molar-refractivity contribution in [2.75, 3.05) is 6.54 Å². The minimum atomic E-state index is -0.946. The van der Waals surface area contributed by atoms with Crippen molar-refractivity contribution in [2.45, 2.75) is 33.2 Å². The smallest absolute Gasteiger partial charge is 0.306 e. The van der Waals surface area contributed by atoms with Gasteiger partial charge in [-0.05, 0) is 38.5 Å². The molecule has 0 unspecified atom stereocenters. The number of fused-ring (bicyclic) bond motifs is 3.